The Morgan fingerprint density at radius 1 is 0.875 bits per heavy atom. The van der Waals surface area contributed by atoms with E-state index in [9.17, 15) is 9.59 Å². The topological polar surface area (TPSA) is 56.3 Å². The van der Waals surface area contributed by atoms with Crippen molar-refractivity contribution in [1.29, 1.82) is 0 Å². The van der Waals surface area contributed by atoms with Gasteiger partial charge in [0.1, 0.15) is 0 Å². The van der Waals surface area contributed by atoms with Crippen LogP contribution < -0.4 is 0 Å². The molecule has 3 aromatic carbocycles. The minimum absolute atomic E-state index is 0.244. The molecule has 0 bridgehead atoms. The number of Topliss-reactive ketones (excluding diaryl/α,β-unsaturated/α-hetero) is 1. The van der Waals surface area contributed by atoms with E-state index in [0.29, 0.717) is 27.7 Å². The van der Waals surface area contributed by atoms with Gasteiger partial charge in [0.2, 0.25) is 5.78 Å². The molecule has 160 valence electrons. The normalized spacial score (nSPS) is 11.9. The highest BCUT2D eigenvalue weighted by Crippen LogP contribution is 2.29. The molecule has 0 spiro atoms. The fourth-order valence-corrected chi connectivity index (χ4v) is 3.99. The molecular formula is C26H19Br2NO3. The fraction of sp³-hybridized carbons (Fsp3) is 0.115. The lowest BCUT2D eigenvalue weighted by molar-refractivity contribution is 0.0320. The van der Waals surface area contributed by atoms with Crippen LogP contribution in [0.4, 0.5) is 0 Å². The number of aromatic nitrogens is 1. The van der Waals surface area contributed by atoms with Gasteiger partial charge in [0.25, 0.3) is 0 Å². The molecule has 6 heteroatoms. The third-order valence-electron chi connectivity index (χ3n) is 5.12. The lowest BCUT2D eigenvalue weighted by Gasteiger charge is -2.15. The number of halogens is 2. The van der Waals surface area contributed by atoms with E-state index in [4.69, 9.17) is 9.72 Å². The predicted molar refractivity (Wildman–Crippen MR) is 133 cm³/mol. The molecule has 4 rings (SSSR count). The van der Waals surface area contributed by atoms with Gasteiger partial charge < -0.3 is 4.74 Å². The molecule has 1 unspecified atom stereocenters. The highest BCUT2D eigenvalue weighted by Gasteiger charge is 2.23. The number of fused-ring (bicyclic) bond motifs is 1. The number of nitrogens with zero attached hydrogens (tertiary/aromatic N) is 1. The van der Waals surface area contributed by atoms with Gasteiger partial charge in [-0.2, -0.15) is 0 Å². The van der Waals surface area contributed by atoms with E-state index in [1.807, 2.05) is 61.5 Å². The summed E-state index contributed by atoms with van der Waals surface area (Å²) in [6.45, 7) is 3.54. The number of ether oxygens (including phenoxy) is 1. The highest BCUT2D eigenvalue weighted by molar-refractivity contribution is 9.10. The van der Waals surface area contributed by atoms with Crippen LogP contribution in [-0.4, -0.2) is 22.8 Å². The second kappa shape index (κ2) is 9.35. The fourth-order valence-electron chi connectivity index (χ4n) is 3.37. The summed E-state index contributed by atoms with van der Waals surface area (Å²) < 4.78 is 7.37. The van der Waals surface area contributed by atoms with Crippen molar-refractivity contribution in [2.75, 3.05) is 0 Å². The van der Waals surface area contributed by atoms with E-state index in [-0.39, 0.29) is 5.78 Å². The summed E-state index contributed by atoms with van der Waals surface area (Å²) in [6.07, 6.45) is -0.920. The predicted octanol–water partition coefficient (Wildman–Crippen LogP) is 7.16. The largest absolute Gasteiger partial charge is 0.451 e. The zero-order chi connectivity index (χ0) is 22.8. The summed E-state index contributed by atoms with van der Waals surface area (Å²) >= 11 is 6.89. The van der Waals surface area contributed by atoms with Gasteiger partial charge in [-0.3, -0.25) is 4.79 Å². The number of carbonyl (C=O) groups excluding carboxylic acids is 2. The summed E-state index contributed by atoms with van der Waals surface area (Å²) in [5.74, 6) is -0.812. The van der Waals surface area contributed by atoms with Gasteiger partial charge in [-0.1, -0.05) is 73.8 Å². The van der Waals surface area contributed by atoms with Crippen LogP contribution in [-0.2, 0) is 4.74 Å². The minimum Gasteiger partial charge on any atom is -0.451 e. The Morgan fingerprint density at radius 3 is 2.22 bits per heavy atom. The first-order valence-electron chi connectivity index (χ1n) is 10.00. The molecule has 1 heterocycles. The maximum atomic E-state index is 13.2. The van der Waals surface area contributed by atoms with Crippen molar-refractivity contribution in [1.82, 2.24) is 4.98 Å². The van der Waals surface area contributed by atoms with Gasteiger partial charge in [-0.25, -0.2) is 9.78 Å². The lowest BCUT2D eigenvalue weighted by atomic mass is 10.0. The van der Waals surface area contributed by atoms with Gasteiger partial charge in [-0.15, -0.1) is 0 Å². The molecule has 0 aliphatic carbocycles. The van der Waals surface area contributed by atoms with Gasteiger partial charge in [0.05, 0.1) is 16.8 Å². The molecule has 0 aliphatic heterocycles. The molecule has 4 aromatic rings. The number of rotatable bonds is 5. The number of hydrogen-bond donors (Lipinski definition) is 0. The zero-order valence-electron chi connectivity index (χ0n) is 17.4. The van der Waals surface area contributed by atoms with E-state index < -0.39 is 12.1 Å². The average Bonchev–Trinajstić information content (AvgIpc) is 2.78. The van der Waals surface area contributed by atoms with Crippen LogP contribution in [0.25, 0.3) is 22.2 Å². The van der Waals surface area contributed by atoms with Crippen molar-refractivity contribution in [3.8, 4) is 11.3 Å². The van der Waals surface area contributed by atoms with Crippen LogP contribution >= 0.6 is 31.9 Å². The van der Waals surface area contributed by atoms with Gasteiger partial charge in [-0.05, 0) is 50.2 Å². The number of hydrogen-bond acceptors (Lipinski definition) is 4. The number of esters is 1. The van der Waals surface area contributed by atoms with Crippen molar-refractivity contribution in [2.24, 2.45) is 0 Å². The maximum Gasteiger partial charge on any atom is 0.339 e. The summed E-state index contributed by atoms with van der Waals surface area (Å²) in [6, 6.07) is 22.2. The molecule has 0 N–H and O–H groups in total. The minimum atomic E-state index is -0.920. The van der Waals surface area contributed by atoms with E-state index in [1.54, 1.807) is 25.1 Å². The number of benzene rings is 3. The average molecular weight is 553 g/mol. The van der Waals surface area contributed by atoms with Crippen molar-refractivity contribution in [3.63, 3.8) is 0 Å². The number of aryl methyl sites for hydroxylation is 1. The Balaban J connectivity index is 1.70. The lowest BCUT2D eigenvalue weighted by Crippen LogP contribution is -2.24. The molecule has 1 atom stereocenters. The Labute approximate surface area is 202 Å². The van der Waals surface area contributed by atoms with E-state index in [1.165, 1.54) is 0 Å². The molecule has 32 heavy (non-hydrogen) atoms. The SMILES string of the molecule is Cc1ccc(C(=O)C(C)OC(=O)c2cc(-c3ccc(Br)cc3)nc3ccc(Br)cc23)cc1. The van der Waals surface area contributed by atoms with Crippen LogP contribution in [0, 0.1) is 6.92 Å². The van der Waals surface area contributed by atoms with Crippen LogP contribution in [0.1, 0.15) is 33.2 Å². The summed E-state index contributed by atoms with van der Waals surface area (Å²) in [5, 5.41) is 0.653. The summed E-state index contributed by atoms with van der Waals surface area (Å²) in [7, 11) is 0. The van der Waals surface area contributed by atoms with Gasteiger partial charge in [0.15, 0.2) is 6.10 Å². The third kappa shape index (κ3) is 4.81. The van der Waals surface area contributed by atoms with Gasteiger partial charge in [0, 0.05) is 25.5 Å². The molecule has 0 saturated heterocycles. The second-order valence-electron chi connectivity index (χ2n) is 7.50. The van der Waals surface area contributed by atoms with Crippen molar-refractivity contribution >= 4 is 54.5 Å². The first-order chi connectivity index (χ1) is 15.3. The van der Waals surface area contributed by atoms with Crippen molar-refractivity contribution in [2.45, 2.75) is 20.0 Å². The maximum absolute atomic E-state index is 13.2. The first-order valence-corrected chi connectivity index (χ1v) is 11.6. The smallest absolute Gasteiger partial charge is 0.339 e. The quantitative estimate of drug-likeness (QED) is 0.194. The summed E-state index contributed by atoms with van der Waals surface area (Å²) in [4.78, 5) is 30.7. The van der Waals surface area contributed by atoms with Gasteiger partial charge >= 0.3 is 5.97 Å². The van der Waals surface area contributed by atoms with E-state index >= 15 is 0 Å². The molecule has 4 nitrogen and oxygen atoms in total. The molecular weight excluding hydrogens is 534 g/mol. The van der Waals surface area contributed by atoms with E-state index in [2.05, 4.69) is 31.9 Å². The number of carbonyl (C=O) groups is 2. The molecule has 1 aromatic heterocycles. The third-order valence-corrected chi connectivity index (χ3v) is 6.14. The zero-order valence-corrected chi connectivity index (χ0v) is 20.6. The van der Waals surface area contributed by atoms with Crippen molar-refractivity contribution < 1.29 is 14.3 Å². The Kier molecular flexibility index (Phi) is 6.53. The number of pyridine rings is 1. The van der Waals surface area contributed by atoms with Crippen LogP contribution in [0.5, 0.6) is 0 Å². The van der Waals surface area contributed by atoms with Crippen LogP contribution in [0.15, 0.2) is 81.7 Å². The Hall–Kier alpha value is -2.83. The molecule has 0 amide bonds. The van der Waals surface area contributed by atoms with Crippen molar-refractivity contribution in [3.05, 3.63) is 98.4 Å². The van der Waals surface area contributed by atoms with Crippen LogP contribution in [0.3, 0.4) is 0 Å². The number of ketones is 1. The monoisotopic (exact) mass is 551 g/mol. The molecule has 0 radical (unpaired) electrons. The molecule has 0 saturated carbocycles. The molecule has 0 aliphatic rings. The first kappa shape index (κ1) is 22.4. The second-order valence-corrected chi connectivity index (χ2v) is 9.33. The van der Waals surface area contributed by atoms with E-state index in [0.717, 1.165) is 20.1 Å². The molecule has 0 fully saturated rings. The standard InChI is InChI=1S/C26H19Br2NO3/c1-15-3-5-18(6-4-15)25(30)16(2)32-26(31)22-14-24(17-7-9-19(27)10-8-17)29-23-12-11-20(28)13-21(22)23/h3-14,16H,1-2H3. The van der Waals surface area contributed by atoms with Crippen LogP contribution in [0.2, 0.25) is 0 Å². The highest BCUT2D eigenvalue weighted by atomic mass is 79.9. The Bertz CT molecular complexity index is 1320. The summed E-state index contributed by atoms with van der Waals surface area (Å²) in [5.41, 5.74) is 4.11. The Morgan fingerprint density at radius 2 is 1.53 bits per heavy atom.